The molecular formula is C30H31N5O2. The fourth-order valence-corrected chi connectivity index (χ4v) is 4.90. The van der Waals surface area contributed by atoms with E-state index in [1.807, 2.05) is 72.6 Å². The first-order valence-corrected chi connectivity index (χ1v) is 12.7. The maximum Gasteiger partial charge on any atom is 0.258 e. The molecule has 1 aliphatic heterocycles. The summed E-state index contributed by atoms with van der Waals surface area (Å²) in [5, 5.41) is 11.2. The van der Waals surface area contributed by atoms with Crippen LogP contribution in [0.3, 0.4) is 0 Å². The number of amides is 1. The molecule has 5 rings (SSSR count). The Hall–Kier alpha value is -4.10. The van der Waals surface area contributed by atoms with Crippen LogP contribution < -0.4 is 4.90 Å². The average molecular weight is 494 g/mol. The number of benzene rings is 2. The van der Waals surface area contributed by atoms with Gasteiger partial charge >= 0.3 is 0 Å². The van der Waals surface area contributed by atoms with Crippen molar-refractivity contribution in [3.05, 3.63) is 108 Å². The molecule has 0 saturated carbocycles. The Bertz CT molecular complexity index is 1320. The molecule has 3 heterocycles. The monoisotopic (exact) mass is 493 g/mol. The van der Waals surface area contributed by atoms with Crippen LogP contribution in [0.2, 0.25) is 0 Å². The highest BCUT2D eigenvalue weighted by Crippen LogP contribution is 2.31. The zero-order valence-electron chi connectivity index (χ0n) is 20.9. The number of pyridine rings is 1. The third-order valence-corrected chi connectivity index (χ3v) is 6.82. The molecule has 0 bridgehead atoms. The van der Waals surface area contributed by atoms with Crippen LogP contribution in [0.4, 0.5) is 5.95 Å². The largest absolute Gasteiger partial charge is 0.385 e. The highest BCUT2D eigenvalue weighted by Gasteiger charge is 2.35. The summed E-state index contributed by atoms with van der Waals surface area (Å²) >= 11 is 0. The summed E-state index contributed by atoms with van der Waals surface area (Å²) in [5.74, 6) is 0.374. The molecule has 1 aliphatic rings. The zero-order valence-corrected chi connectivity index (χ0v) is 20.9. The van der Waals surface area contributed by atoms with Crippen LogP contribution in [0.25, 0.3) is 11.3 Å². The van der Waals surface area contributed by atoms with Crippen molar-refractivity contribution in [2.45, 2.75) is 38.0 Å². The maximum atomic E-state index is 14.0. The van der Waals surface area contributed by atoms with Gasteiger partial charge in [0.05, 0.1) is 23.0 Å². The Morgan fingerprint density at radius 3 is 2.46 bits per heavy atom. The standard InChI is InChI=1S/C30H31N5O2/c1-34(21-22-12-4-2-5-13-22)30-32-20-24(27(33-30)23-14-6-3-7-15-23)29(37)35-19-11-9-17-26(35)28(36)25-16-8-10-18-31-25/h2-8,10,12-16,18,20,26,28,36H,9,11,17,19,21H2,1H3. The quantitative estimate of drug-likeness (QED) is 0.394. The molecule has 1 N–H and O–H groups in total. The molecular weight excluding hydrogens is 462 g/mol. The molecule has 2 atom stereocenters. The van der Waals surface area contributed by atoms with Crippen LogP contribution in [0.5, 0.6) is 0 Å². The fraction of sp³-hybridized carbons (Fsp3) is 0.267. The summed E-state index contributed by atoms with van der Waals surface area (Å²) in [4.78, 5) is 31.6. The van der Waals surface area contributed by atoms with Gasteiger partial charge in [-0.25, -0.2) is 9.97 Å². The second kappa shape index (κ2) is 11.3. The second-order valence-electron chi connectivity index (χ2n) is 9.40. The van der Waals surface area contributed by atoms with Crippen LogP contribution in [0.15, 0.2) is 91.3 Å². The number of nitrogens with zero attached hydrogens (tertiary/aromatic N) is 5. The molecule has 7 nitrogen and oxygen atoms in total. The predicted octanol–water partition coefficient (Wildman–Crippen LogP) is 4.90. The molecule has 188 valence electrons. The molecule has 1 saturated heterocycles. The van der Waals surface area contributed by atoms with Gasteiger partial charge in [-0.3, -0.25) is 9.78 Å². The number of rotatable bonds is 7. The molecule has 0 aliphatic carbocycles. The third kappa shape index (κ3) is 5.52. The first-order valence-electron chi connectivity index (χ1n) is 12.7. The Balaban J connectivity index is 1.48. The predicted molar refractivity (Wildman–Crippen MR) is 144 cm³/mol. The summed E-state index contributed by atoms with van der Waals surface area (Å²) in [6.07, 6.45) is 4.98. The van der Waals surface area contributed by atoms with Crippen molar-refractivity contribution in [3.8, 4) is 11.3 Å². The first-order chi connectivity index (χ1) is 18.1. The molecule has 37 heavy (non-hydrogen) atoms. The number of hydrogen-bond donors (Lipinski definition) is 1. The maximum absolute atomic E-state index is 14.0. The van der Waals surface area contributed by atoms with Crippen molar-refractivity contribution in [1.29, 1.82) is 0 Å². The van der Waals surface area contributed by atoms with Gasteiger partial charge in [0.1, 0.15) is 6.10 Å². The van der Waals surface area contributed by atoms with Crippen molar-refractivity contribution < 1.29 is 9.90 Å². The topological polar surface area (TPSA) is 82.5 Å². The molecule has 2 unspecified atom stereocenters. The molecule has 0 spiro atoms. The van der Waals surface area contributed by atoms with Gasteiger partial charge in [0.15, 0.2) is 0 Å². The Morgan fingerprint density at radius 1 is 1.00 bits per heavy atom. The summed E-state index contributed by atoms with van der Waals surface area (Å²) in [5.41, 5.74) is 3.59. The summed E-state index contributed by atoms with van der Waals surface area (Å²) in [6.45, 7) is 1.21. The lowest BCUT2D eigenvalue weighted by Gasteiger charge is -2.38. The fourth-order valence-electron chi connectivity index (χ4n) is 4.90. The Kier molecular flexibility index (Phi) is 7.51. The van der Waals surface area contributed by atoms with Gasteiger partial charge in [0.25, 0.3) is 5.91 Å². The highest BCUT2D eigenvalue weighted by molar-refractivity contribution is 6.00. The van der Waals surface area contributed by atoms with Crippen molar-refractivity contribution in [1.82, 2.24) is 19.9 Å². The Labute approximate surface area is 217 Å². The van der Waals surface area contributed by atoms with Crippen molar-refractivity contribution in [2.75, 3.05) is 18.5 Å². The van der Waals surface area contributed by atoms with Gasteiger partial charge in [-0.15, -0.1) is 0 Å². The number of piperidine rings is 1. The number of aliphatic hydroxyl groups excluding tert-OH is 1. The van der Waals surface area contributed by atoms with Gasteiger partial charge in [-0.05, 0) is 37.0 Å². The van der Waals surface area contributed by atoms with Crippen molar-refractivity contribution in [2.24, 2.45) is 0 Å². The van der Waals surface area contributed by atoms with E-state index in [0.717, 1.165) is 24.0 Å². The number of carbonyl (C=O) groups excluding carboxylic acids is 1. The van der Waals surface area contributed by atoms with Gasteiger partial charge in [0, 0.05) is 38.1 Å². The van der Waals surface area contributed by atoms with Gasteiger partial charge in [-0.1, -0.05) is 66.7 Å². The van der Waals surface area contributed by atoms with Gasteiger partial charge in [-0.2, -0.15) is 0 Å². The molecule has 2 aromatic heterocycles. The molecule has 2 aromatic carbocycles. The normalized spacial score (nSPS) is 16.3. The van der Waals surface area contributed by atoms with Crippen LogP contribution in [-0.4, -0.2) is 50.5 Å². The average Bonchev–Trinajstić information content (AvgIpc) is 2.97. The lowest BCUT2D eigenvalue weighted by atomic mass is 9.94. The molecule has 1 amide bonds. The highest BCUT2D eigenvalue weighted by atomic mass is 16.3. The molecule has 4 aromatic rings. The van der Waals surface area contributed by atoms with E-state index in [1.165, 1.54) is 0 Å². The molecule has 0 radical (unpaired) electrons. The van der Waals surface area contributed by atoms with Crippen LogP contribution in [-0.2, 0) is 6.54 Å². The minimum Gasteiger partial charge on any atom is -0.385 e. The first kappa shape index (κ1) is 24.6. The smallest absolute Gasteiger partial charge is 0.258 e. The van der Waals surface area contributed by atoms with E-state index in [2.05, 4.69) is 22.1 Å². The van der Waals surface area contributed by atoms with Gasteiger partial charge in [0.2, 0.25) is 5.95 Å². The third-order valence-electron chi connectivity index (χ3n) is 6.82. The van der Waals surface area contributed by atoms with Crippen LogP contribution >= 0.6 is 0 Å². The van der Waals surface area contributed by atoms with E-state index in [0.29, 0.717) is 42.4 Å². The zero-order chi connectivity index (χ0) is 25.6. The SMILES string of the molecule is CN(Cc1ccccc1)c1ncc(C(=O)N2CCCCC2C(O)c2ccccn2)c(-c2ccccc2)n1. The molecule has 7 heteroatoms. The summed E-state index contributed by atoms with van der Waals surface area (Å²) in [6, 6.07) is 25.0. The number of carbonyl (C=O) groups is 1. The van der Waals surface area contributed by atoms with E-state index in [4.69, 9.17) is 4.98 Å². The second-order valence-corrected chi connectivity index (χ2v) is 9.40. The van der Waals surface area contributed by atoms with Crippen molar-refractivity contribution in [3.63, 3.8) is 0 Å². The van der Waals surface area contributed by atoms with E-state index in [1.54, 1.807) is 23.4 Å². The van der Waals surface area contributed by atoms with Crippen molar-refractivity contribution >= 4 is 11.9 Å². The van der Waals surface area contributed by atoms with E-state index < -0.39 is 6.10 Å². The van der Waals surface area contributed by atoms with E-state index in [9.17, 15) is 9.90 Å². The van der Waals surface area contributed by atoms with E-state index in [-0.39, 0.29) is 11.9 Å². The number of likely N-dealkylation sites (tertiary alicyclic amines) is 1. The number of hydrogen-bond acceptors (Lipinski definition) is 6. The number of aromatic nitrogens is 3. The summed E-state index contributed by atoms with van der Waals surface area (Å²) < 4.78 is 0. The summed E-state index contributed by atoms with van der Waals surface area (Å²) in [7, 11) is 1.95. The van der Waals surface area contributed by atoms with E-state index >= 15 is 0 Å². The number of anilines is 1. The lowest BCUT2D eigenvalue weighted by Crippen LogP contribution is -2.47. The van der Waals surface area contributed by atoms with Crippen LogP contribution in [0.1, 0.15) is 47.0 Å². The lowest BCUT2D eigenvalue weighted by molar-refractivity contribution is 0.0197. The number of aliphatic hydroxyl groups is 1. The Morgan fingerprint density at radius 2 is 1.73 bits per heavy atom. The van der Waals surface area contributed by atoms with Gasteiger partial charge < -0.3 is 14.9 Å². The minimum absolute atomic E-state index is 0.171. The minimum atomic E-state index is -0.858. The van der Waals surface area contributed by atoms with Crippen LogP contribution in [0, 0.1) is 0 Å². The molecule has 1 fully saturated rings.